The Morgan fingerprint density at radius 2 is 1.69 bits per heavy atom. The van der Waals surface area contributed by atoms with E-state index >= 15 is 0 Å². The summed E-state index contributed by atoms with van der Waals surface area (Å²) in [5, 5.41) is 0.469. The Hall–Kier alpha value is -1.96. The molecular weight excluding hydrogens is 379 g/mol. The molecule has 2 aromatic rings. The Bertz CT molecular complexity index is 895. The van der Waals surface area contributed by atoms with Gasteiger partial charge in [0, 0.05) is 31.2 Å². The van der Waals surface area contributed by atoms with Gasteiger partial charge in [0.15, 0.2) is 0 Å². The molecule has 5 nitrogen and oxygen atoms in total. The van der Waals surface area contributed by atoms with E-state index in [0.29, 0.717) is 23.7 Å². The van der Waals surface area contributed by atoms with Gasteiger partial charge in [-0.3, -0.25) is 4.79 Å². The van der Waals surface area contributed by atoms with Crippen LogP contribution in [0.2, 0.25) is 5.02 Å². The highest BCUT2D eigenvalue weighted by atomic mass is 35.5. The van der Waals surface area contributed by atoms with Crippen molar-refractivity contribution in [2.24, 2.45) is 0 Å². The second-order valence-corrected chi connectivity index (χ2v) is 8.42. The van der Waals surface area contributed by atoms with E-state index < -0.39 is 10.0 Å². The van der Waals surface area contributed by atoms with Crippen LogP contribution in [0.3, 0.4) is 0 Å². The molecule has 3 rings (SSSR count). The number of halogens is 2. The number of hydrogen-bond acceptors (Lipinski definition) is 3. The first-order chi connectivity index (χ1) is 12.4. The minimum Gasteiger partial charge on any atom is -0.340 e. The topological polar surface area (TPSA) is 57.7 Å². The van der Waals surface area contributed by atoms with Gasteiger partial charge >= 0.3 is 0 Å². The molecule has 0 N–H and O–H groups in total. The van der Waals surface area contributed by atoms with Crippen molar-refractivity contribution in [2.45, 2.75) is 11.3 Å². The molecule has 0 unspecified atom stereocenters. The molecule has 0 spiro atoms. The number of hydrogen-bond donors (Lipinski definition) is 0. The van der Waals surface area contributed by atoms with Crippen LogP contribution in [-0.4, -0.2) is 49.7 Å². The van der Waals surface area contributed by atoms with Crippen molar-refractivity contribution in [1.82, 2.24) is 9.21 Å². The smallest absolute Gasteiger partial charge is 0.243 e. The third kappa shape index (κ3) is 4.23. The first-order valence-corrected chi connectivity index (χ1v) is 9.96. The summed E-state index contributed by atoms with van der Waals surface area (Å²) in [6, 6.07) is 11.9. The number of amides is 1. The van der Waals surface area contributed by atoms with Crippen molar-refractivity contribution in [3.05, 3.63) is 64.9 Å². The van der Waals surface area contributed by atoms with Gasteiger partial charge in [-0.15, -0.1) is 0 Å². The van der Waals surface area contributed by atoms with Gasteiger partial charge in [-0.1, -0.05) is 23.7 Å². The fourth-order valence-electron chi connectivity index (χ4n) is 2.87. The highest BCUT2D eigenvalue weighted by molar-refractivity contribution is 7.89. The zero-order chi connectivity index (χ0) is 18.7. The van der Waals surface area contributed by atoms with Gasteiger partial charge < -0.3 is 4.90 Å². The van der Waals surface area contributed by atoms with Crippen molar-refractivity contribution in [1.29, 1.82) is 0 Å². The molecule has 2 aromatic carbocycles. The number of sulfonamides is 1. The molecule has 1 heterocycles. The Balaban J connectivity index is 1.61. The molecule has 8 heteroatoms. The highest BCUT2D eigenvalue weighted by Crippen LogP contribution is 2.20. The normalized spacial score (nSPS) is 15.8. The minimum absolute atomic E-state index is 0.0989. The minimum atomic E-state index is -3.61. The van der Waals surface area contributed by atoms with Crippen molar-refractivity contribution in [3.8, 4) is 0 Å². The summed E-state index contributed by atoms with van der Waals surface area (Å²) in [6.07, 6.45) is 0.0989. The van der Waals surface area contributed by atoms with Crippen LogP contribution in [0.5, 0.6) is 0 Å². The maximum Gasteiger partial charge on any atom is 0.243 e. The van der Waals surface area contributed by atoms with E-state index in [0.717, 1.165) is 0 Å². The molecule has 0 aromatic heterocycles. The molecule has 138 valence electrons. The number of carbonyl (C=O) groups is 1. The SMILES string of the molecule is O=C(Cc1cccc(F)c1)N1CCN(S(=O)(=O)c2ccc(Cl)cc2)CC1. The molecule has 0 bridgehead atoms. The number of benzene rings is 2. The van der Waals surface area contributed by atoms with Crippen molar-refractivity contribution >= 4 is 27.5 Å². The van der Waals surface area contributed by atoms with Crippen LogP contribution in [0.1, 0.15) is 5.56 Å². The number of nitrogens with zero attached hydrogens (tertiary/aromatic N) is 2. The molecule has 0 atom stereocenters. The molecule has 1 aliphatic rings. The Morgan fingerprint density at radius 1 is 1.04 bits per heavy atom. The molecule has 26 heavy (non-hydrogen) atoms. The van der Waals surface area contributed by atoms with Gasteiger partial charge in [-0.25, -0.2) is 12.8 Å². The molecular formula is C18H18ClFN2O3S. The lowest BCUT2D eigenvalue weighted by Gasteiger charge is -2.34. The average Bonchev–Trinajstić information content (AvgIpc) is 2.62. The van der Waals surface area contributed by atoms with Crippen LogP contribution < -0.4 is 0 Å². The summed E-state index contributed by atoms with van der Waals surface area (Å²) in [4.78, 5) is 14.2. The predicted molar refractivity (Wildman–Crippen MR) is 96.9 cm³/mol. The molecule has 0 aliphatic carbocycles. The second-order valence-electron chi connectivity index (χ2n) is 6.05. The van der Waals surface area contributed by atoms with Crippen LogP contribution >= 0.6 is 11.6 Å². The van der Waals surface area contributed by atoms with Crippen LogP contribution in [0.4, 0.5) is 4.39 Å². The standard InChI is InChI=1S/C18H18ClFN2O3S/c19-15-4-6-17(7-5-15)26(24,25)22-10-8-21(9-11-22)18(23)13-14-2-1-3-16(20)12-14/h1-7,12H,8-11,13H2. The quantitative estimate of drug-likeness (QED) is 0.798. The van der Waals surface area contributed by atoms with Gasteiger partial charge in [0.25, 0.3) is 0 Å². The van der Waals surface area contributed by atoms with E-state index in [1.165, 1.54) is 40.7 Å². The van der Waals surface area contributed by atoms with E-state index in [1.807, 2.05) is 0 Å². The van der Waals surface area contributed by atoms with Gasteiger partial charge in [-0.2, -0.15) is 4.31 Å². The summed E-state index contributed by atoms with van der Waals surface area (Å²) in [5.74, 6) is -0.520. The van der Waals surface area contributed by atoms with E-state index in [1.54, 1.807) is 17.0 Å². The Labute approximate surface area is 157 Å². The number of piperazine rings is 1. The van der Waals surface area contributed by atoms with Crippen molar-refractivity contribution in [2.75, 3.05) is 26.2 Å². The summed E-state index contributed by atoms with van der Waals surface area (Å²) < 4.78 is 39.9. The summed E-state index contributed by atoms with van der Waals surface area (Å²) in [7, 11) is -3.61. The average molecular weight is 397 g/mol. The first kappa shape index (κ1) is 18.8. The fourth-order valence-corrected chi connectivity index (χ4v) is 4.42. The maximum absolute atomic E-state index is 13.2. The second kappa shape index (κ2) is 7.73. The zero-order valence-corrected chi connectivity index (χ0v) is 15.5. The lowest BCUT2D eigenvalue weighted by molar-refractivity contribution is -0.131. The molecule has 1 fully saturated rings. The molecule has 1 saturated heterocycles. The van der Waals surface area contributed by atoms with E-state index in [4.69, 9.17) is 11.6 Å². The molecule has 1 amide bonds. The first-order valence-electron chi connectivity index (χ1n) is 8.14. The summed E-state index contributed by atoms with van der Waals surface area (Å²) in [5.41, 5.74) is 0.603. The third-order valence-corrected chi connectivity index (χ3v) is 6.45. The van der Waals surface area contributed by atoms with E-state index in [-0.39, 0.29) is 36.1 Å². The maximum atomic E-state index is 13.2. The summed E-state index contributed by atoms with van der Waals surface area (Å²) in [6.45, 7) is 1.06. The lowest BCUT2D eigenvalue weighted by atomic mass is 10.1. The van der Waals surface area contributed by atoms with Gasteiger partial charge in [0.1, 0.15) is 5.82 Å². The lowest BCUT2D eigenvalue weighted by Crippen LogP contribution is -2.50. The predicted octanol–water partition coefficient (Wildman–Crippen LogP) is 2.55. The monoisotopic (exact) mass is 396 g/mol. The van der Waals surface area contributed by atoms with Crippen molar-refractivity contribution in [3.63, 3.8) is 0 Å². The van der Waals surface area contributed by atoms with Gasteiger partial charge in [0.05, 0.1) is 11.3 Å². The van der Waals surface area contributed by atoms with Crippen LogP contribution in [0, 0.1) is 5.82 Å². The largest absolute Gasteiger partial charge is 0.340 e. The van der Waals surface area contributed by atoms with Gasteiger partial charge in [0.2, 0.25) is 15.9 Å². The molecule has 0 saturated carbocycles. The Morgan fingerprint density at radius 3 is 2.31 bits per heavy atom. The van der Waals surface area contributed by atoms with Gasteiger partial charge in [-0.05, 0) is 42.0 Å². The van der Waals surface area contributed by atoms with Crippen molar-refractivity contribution < 1.29 is 17.6 Å². The Kier molecular flexibility index (Phi) is 5.60. The fraction of sp³-hybridized carbons (Fsp3) is 0.278. The highest BCUT2D eigenvalue weighted by Gasteiger charge is 2.30. The molecule has 0 radical (unpaired) electrons. The number of rotatable bonds is 4. The summed E-state index contributed by atoms with van der Waals surface area (Å²) >= 11 is 5.80. The van der Waals surface area contributed by atoms with Crippen LogP contribution in [0.25, 0.3) is 0 Å². The third-order valence-electron chi connectivity index (χ3n) is 4.29. The van der Waals surface area contributed by atoms with E-state index in [2.05, 4.69) is 0 Å². The zero-order valence-electron chi connectivity index (χ0n) is 13.9. The van der Waals surface area contributed by atoms with Crippen LogP contribution in [0.15, 0.2) is 53.4 Å². The molecule has 1 aliphatic heterocycles. The number of carbonyl (C=O) groups excluding carboxylic acids is 1. The van der Waals surface area contributed by atoms with Crippen LogP contribution in [-0.2, 0) is 21.2 Å². The van der Waals surface area contributed by atoms with E-state index in [9.17, 15) is 17.6 Å².